The molecule has 0 spiro atoms. The average Bonchev–Trinajstić information content (AvgIpc) is 2.36. The summed E-state index contributed by atoms with van der Waals surface area (Å²) in [7, 11) is -1.68. The molecule has 0 aliphatic heterocycles. The largest absolute Gasteiger partial charge is 0.317 e. The second kappa shape index (κ2) is 9.08. The van der Waals surface area contributed by atoms with Crippen molar-refractivity contribution in [3.05, 3.63) is 0 Å². The van der Waals surface area contributed by atoms with Crippen LogP contribution in [0, 0.1) is 11.8 Å². The molecule has 2 atom stereocenters. The third-order valence-electron chi connectivity index (χ3n) is 4.16. The summed E-state index contributed by atoms with van der Waals surface area (Å²) in [6, 6.07) is 0.0921. The predicted octanol–water partition coefficient (Wildman–Crippen LogP) is 1.97. The lowest BCUT2D eigenvalue weighted by atomic mass is 9.81. The van der Waals surface area contributed by atoms with Crippen molar-refractivity contribution in [3.63, 3.8) is 0 Å². The first-order valence-electron chi connectivity index (χ1n) is 8.29. The third kappa shape index (κ3) is 7.08. The first kappa shape index (κ1) is 18.9. The Morgan fingerprint density at radius 3 is 2.29 bits per heavy atom. The highest BCUT2D eigenvalue weighted by Gasteiger charge is 2.28. The molecule has 1 saturated carbocycles. The zero-order chi connectivity index (χ0) is 15.9. The fourth-order valence-electron chi connectivity index (χ4n) is 3.19. The molecule has 2 N–H and O–H groups in total. The van der Waals surface area contributed by atoms with Gasteiger partial charge in [-0.15, -0.1) is 0 Å². The lowest BCUT2D eigenvalue weighted by Gasteiger charge is -2.32. The zero-order valence-corrected chi connectivity index (χ0v) is 14.9. The number of hydrogen-bond acceptors (Lipinski definition) is 3. The van der Waals surface area contributed by atoms with Crippen LogP contribution in [0.5, 0.6) is 0 Å². The maximum Gasteiger partial charge on any atom is 0.279 e. The summed E-state index contributed by atoms with van der Waals surface area (Å²) in [4.78, 5) is 0. The molecule has 1 aliphatic carbocycles. The van der Waals surface area contributed by atoms with Crippen molar-refractivity contribution in [1.29, 1.82) is 0 Å². The van der Waals surface area contributed by atoms with Crippen LogP contribution in [-0.2, 0) is 10.2 Å². The van der Waals surface area contributed by atoms with Gasteiger partial charge in [0.1, 0.15) is 0 Å². The first-order valence-corrected chi connectivity index (χ1v) is 9.73. The molecule has 126 valence electrons. The minimum atomic E-state index is -3.34. The van der Waals surface area contributed by atoms with Gasteiger partial charge in [0, 0.05) is 19.6 Å². The number of rotatable bonds is 9. The quantitative estimate of drug-likeness (QED) is 0.639. The Morgan fingerprint density at radius 2 is 1.71 bits per heavy atom. The van der Waals surface area contributed by atoms with Crippen LogP contribution in [0.25, 0.3) is 0 Å². The summed E-state index contributed by atoms with van der Waals surface area (Å²) in [6.45, 7) is 8.96. The first-order chi connectivity index (χ1) is 9.85. The van der Waals surface area contributed by atoms with Gasteiger partial charge in [-0.05, 0) is 57.0 Å². The van der Waals surface area contributed by atoms with Crippen LogP contribution in [0.1, 0.15) is 52.9 Å². The molecule has 1 fully saturated rings. The maximum atomic E-state index is 12.3. The van der Waals surface area contributed by atoms with Crippen molar-refractivity contribution < 1.29 is 8.42 Å². The number of nitrogens with one attached hydrogen (secondary N) is 2. The number of nitrogens with zero attached hydrogens (tertiary/aromatic N) is 1. The Hall–Kier alpha value is -0.170. The van der Waals surface area contributed by atoms with E-state index in [9.17, 15) is 8.42 Å². The van der Waals surface area contributed by atoms with E-state index >= 15 is 0 Å². The normalized spacial score (nSPS) is 27.2. The molecule has 0 bridgehead atoms. The van der Waals surface area contributed by atoms with Crippen LogP contribution < -0.4 is 10.0 Å². The Labute approximate surface area is 131 Å². The molecule has 0 aromatic carbocycles. The maximum absolute atomic E-state index is 12.3. The zero-order valence-electron chi connectivity index (χ0n) is 14.1. The van der Waals surface area contributed by atoms with Crippen LogP contribution >= 0.6 is 0 Å². The van der Waals surface area contributed by atoms with Crippen molar-refractivity contribution in [2.75, 3.05) is 26.7 Å². The van der Waals surface area contributed by atoms with E-state index in [4.69, 9.17) is 0 Å². The van der Waals surface area contributed by atoms with Crippen molar-refractivity contribution in [3.8, 4) is 0 Å². The van der Waals surface area contributed by atoms with Gasteiger partial charge in [0.2, 0.25) is 0 Å². The average molecular weight is 320 g/mol. The van der Waals surface area contributed by atoms with E-state index in [-0.39, 0.29) is 6.04 Å². The Balaban J connectivity index is 2.37. The van der Waals surface area contributed by atoms with E-state index in [1.165, 1.54) is 10.7 Å². The molecule has 0 aromatic heterocycles. The summed E-state index contributed by atoms with van der Waals surface area (Å²) in [5.41, 5.74) is 0. The predicted molar refractivity (Wildman–Crippen MR) is 88.4 cm³/mol. The fourth-order valence-corrected chi connectivity index (χ4v) is 4.36. The fraction of sp³-hybridized carbons (Fsp3) is 1.00. The molecule has 5 nitrogen and oxygen atoms in total. The lowest BCUT2D eigenvalue weighted by Crippen LogP contribution is -2.46. The van der Waals surface area contributed by atoms with Gasteiger partial charge in [-0.1, -0.05) is 20.8 Å². The molecule has 2 unspecified atom stereocenters. The van der Waals surface area contributed by atoms with Gasteiger partial charge in [-0.25, -0.2) is 0 Å². The minimum absolute atomic E-state index is 0.0921. The standard InChI is InChI=1S/C15H33N3O2S/c1-5-7-16-8-6-9-18(4)21(19,20)17-15-11-13(2)10-14(3)12-15/h13-17H,5-12H2,1-4H3. The van der Waals surface area contributed by atoms with Crippen LogP contribution in [0.4, 0.5) is 0 Å². The molecule has 0 heterocycles. The summed E-state index contributed by atoms with van der Waals surface area (Å²) < 4.78 is 29.0. The van der Waals surface area contributed by atoms with Gasteiger partial charge in [0.15, 0.2) is 0 Å². The monoisotopic (exact) mass is 319 g/mol. The molecule has 6 heteroatoms. The molecule has 0 amide bonds. The van der Waals surface area contributed by atoms with Gasteiger partial charge < -0.3 is 5.32 Å². The van der Waals surface area contributed by atoms with Crippen molar-refractivity contribution in [1.82, 2.24) is 14.3 Å². The highest BCUT2D eigenvalue weighted by molar-refractivity contribution is 7.87. The van der Waals surface area contributed by atoms with Crippen LogP contribution in [-0.4, -0.2) is 45.4 Å². The van der Waals surface area contributed by atoms with Gasteiger partial charge >= 0.3 is 0 Å². The van der Waals surface area contributed by atoms with Crippen LogP contribution in [0.2, 0.25) is 0 Å². The lowest BCUT2D eigenvalue weighted by molar-refractivity contribution is 0.255. The minimum Gasteiger partial charge on any atom is -0.317 e. The van der Waals surface area contributed by atoms with Crippen LogP contribution in [0.3, 0.4) is 0 Å². The summed E-state index contributed by atoms with van der Waals surface area (Å²) in [5, 5.41) is 3.29. The van der Waals surface area contributed by atoms with E-state index in [1.54, 1.807) is 7.05 Å². The van der Waals surface area contributed by atoms with Gasteiger partial charge in [-0.2, -0.15) is 17.4 Å². The SMILES string of the molecule is CCCNCCCN(C)S(=O)(=O)NC1CC(C)CC(C)C1. The number of hydrogen-bond donors (Lipinski definition) is 2. The summed E-state index contributed by atoms with van der Waals surface area (Å²) >= 11 is 0. The second-order valence-electron chi connectivity index (χ2n) is 6.66. The molecular weight excluding hydrogens is 286 g/mol. The Bertz CT molecular complexity index is 376. The molecule has 0 saturated heterocycles. The Kier molecular flexibility index (Phi) is 8.16. The highest BCUT2D eigenvalue weighted by atomic mass is 32.2. The van der Waals surface area contributed by atoms with Gasteiger partial charge in [-0.3, -0.25) is 0 Å². The van der Waals surface area contributed by atoms with E-state index in [2.05, 4.69) is 30.8 Å². The van der Waals surface area contributed by atoms with Crippen molar-refractivity contribution in [2.24, 2.45) is 11.8 Å². The van der Waals surface area contributed by atoms with Gasteiger partial charge in [0.05, 0.1) is 0 Å². The van der Waals surface area contributed by atoms with Crippen molar-refractivity contribution in [2.45, 2.75) is 58.9 Å². The second-order valence-corrected chi connectivity index (χ2v) is 8.47. The molecule has 1 aliphatic rings. The molecule has 0 radical (unpaired) electrons. The van der Waals surface area contributed by atoms with E-state index < -0.39 is 10.2 Å². The van der Waals surface area contributed by atoms with E-state index in [0.717, 1.165) is 38.8 Å². The molecule has 21 heavy (non-hydrogen) atoms. The highest BCUT2D eigenvalue weighted by Crippen LogP contribution is 2.28. The summed E-state index contributed by atoms with van der Waals surface area (Å²) in [6.07, 6.45) is 5.06. The Morgan fingerprint density at radius 1 is 1.10 bits per heavy atom. The smallest absolute Gasteiger partial charge is 0.279 e. The molecule has 0 aromatic rings. The van der Waals surface area contributed by atoms with Crippen LogP contribution in [0.15, 0.2) is 0 Å². The van der Waals surface area contributed by atoms with Gasteiger partial charge in [0.25, 0.3) is 10.2 Å². The molecular formula is C15H33N3O2S. The topological polar surface area (TPSA) is 61.4 Å². The third-order valence-corrected chi connectivity index (χ3v) is 5.79. The molecule has 1 rings (SSSR count). The summed E-state index contributed by atoms with van der Waals surface area (Å²) in [5.74, 6) is 1.20. The van der Waals surface area contributed by atoms with E-state index in [0.29, 0.717) is 18.4 Å². The van der Waals surface area contributed by atoms with Crippen molar-refractivity contribution >= 4 is 10.2 Å². The van der Waals surface area contributed by atoms with E-state index in [1.807, 2.05) is 0 Å².